The van der Waals surface area contributed by atoms with Gasteiger partial charge in [-0.2, -0.15) is 0 Å². The van der Waals surface area contributed by atoms with E-state index in [2.05, 4.69) is 33.3 Å². The fourth-order valence-electron chi connectivity index (χ4n) is 3.19. The predicted molar refractivity (Wildman–Crippen MR) is 104 cm³/mol. The maximum atomic E-state index is 12.5. The summed E-state index contributed by atoms with van der Waals surface area (Å²) in [6, 6.07) is 7.70. The van der Waals surface area contributed by atoms with Crippen molar-refractivity contribution in [3.05, 3.63) is 65.3 Å². The monoisotopic (exact) mass is 370 g/mol. The normalized spacial score (nSPS) is 17.6. The van der Waals surface area contributed by atoms with Crippen molar-refractivity contribution in [1.82, 2.24) is 15.3 Å². The number of nitrogens with zero attached hydrogens (tertiary/aromatic N) is 2. The van der Waals surface area contributed by atoms with Crippen LogP contribution in [0.15, 0.2) is 54.1 Å². The van der Waals surface area contributed by atoms with Crippen LogP contribution in [-0.2, 0) is 11.2 Å². The zero-order chi connectivity index (χ0) is 18.4. The predicted octanol–water partition coefficient (Wildman–Crippen LogP) is 3.89. The molecule has 1 aromatic heterocycles. The van der Waals surface area contributed by atoms with Crippen LogP contribution in [0.4, 0.5) is 0 Å². The molecule has 2 heterocycles. The Morgan fingerprint density at radius 1 is 1.38 bits per heavy atom. The van der Waals surface area contributed by atoms with Crippen LogP contribution < -0.4 is 5.32 Å². The number of amides is 1. The summed E-state index contributed by atoms with van der Waals surface area (Å²) in [5.41, 5.74) is 3.13. The zero-order valence-corrected chi connectivity index (χ0v) is 15.5. The highest BCUT2D eigenvalue weighted by molar-refractivity contribution is 6.30. The molecule has 2 atom stereocenters. The molecule has 0 bridgehead atoms. The van der Waals surface area contributed by atoms with Crippen molar-refractivity contribution in [3.8, 4) is 0 Å². The number of aromatic amines is 1. The van der Waals surface area contributed by atoms with Crippen molar-refractivity contribution < 1.29 is 4.79 Å². The maximum Gasteiger partial charge on any atom is 0.221 e. The Bertz CT molecular complexity index is 781. The van der Waals surface area contributed by atoms with Crippen molar-refractivity contribution in [1.29, 1.82) is 0 Å². The van der Waals surface area contributed by atoms with Gasteiger partial charge in [0.2, 0.25) is 5.91 Å². The molecule has 0 saturated heterocycles. The first kappa shape index (κ1) is 18.4. The van der Waals surface area contributed by atoms with E-state index < -0.39 is 0 Å². The van der Waals surface area contributed by atoms with Crippen molar-refractivity contribution in [2.45, 2.75) is 32.1 Å². The number of H-pyrrole nitrogens is 1. The van der Waals surface area contributed by atoms with E-state index in [1.165, 1.54) is 0 Å². The van der Waals surface area contributed by atoms with Gasteiger partial charge in [0.1, 0.15) is 0 Å². The van der Waals surface area contributed by atoms with Gasteiger partial charge in [0.25, 0.3) is 0 Å². The number of carbonyl (C=O) groups is 1. The van der Waals surface area contributed by atoms with Crippen LogP contribution in [0.5, 0.6) is 0 Å². The molecule has 1 aliphatic heterocycles. The molecular weight excluding hydrogens is 348 g/mol. The van der Waals surface area contributed by atoms with Crippen LogP contribution in [-0.4, -0.2) is 28.1 Å². The number of aromatic nitrogens is 2. The number of allylic oxidation sites excluding steroid dienone is 1. The van der Waals surface area contributed by atoms with Gasteiger partial charge in [-0.3, -0.25) is 9.79 Å². The number of benzene rings is 1. The maximum absolute atomic E-state index is 12.5. The largest absolute Gasteiger partial charge is 0.356 e. The molecule has 1 amide bonds. The zero-order valence-electron chi connectivity index (χ0n) is 14.8. The molecule has 1 aromatic carbocycles. The first-order valence-electron chi connectivity index (χ1n) is 8.85. The second-order valence-electron chi connectivity index (χ2n) is 6.56. The third kappa shape index (κ3) is 4.82. The molecule has 0 aliphatic carbocycles. The van der Waals surface area contributed by atoms with Crippen molar-refractivity contribution in [2.75, 3.05) is 6.54 Å². The highest BCUT2D eigenvalue weighted by Crippen LogP contribution is 2.29. The van der Waals surface area contributed by atoms with Gasteiger partial charge in [-0.1, -0.05) is 36.7 Å². The standard InChI is InChI=1S/C20H23ClN4O/c1-14-3-2-9-24-20(14)18(15-4-6-16(21)7-5-15)11-19(26)23-10-8-17-12-22-13-25-17/h2,4-7,9,12-14,18H,3,8,10-11H2,1H3,(H,22,25)(H,23,26). The minimum Gasteiger partial charge on any atom is -0.356 e. The average molecular weight is 371 g/mol. The van der Waals surface area contributed by atoms with Crippen LogP contribution >= 0.6 is 11.6 Å². The fraction of sp³-hybridized carbons (Fsp3) is 0.350. The van der Waals surface area contributed by atoms with E-state index >= 15 is 0 Å². The molecule has 136 valence electrons. The van der Waals surface area contributed by atoms with E-state index in [1.54, 1.807) is 12.5 Å². The van der Waals surface area contributed by atoms with Gasteiger partial charge in [0, 0.05) is 54.1 Å². The van der Waals surface area contributed by atoms with Crippen LogP contribution in [0, 0.1) is 5.92 Å². The van der Waals surface area contributed by atoms with Gasteiger partial charge in [0.05, 0.1) is 6.33 Å². The Morgan fingerprint density at radius 3 is 2.88 bits per heavy atom. The lowest BCUT2D eigenvalue weighted by atomic mass is 9.82. The minimum atomic E-state index is -0.0422. The van der Waals surface area contributed by atoms with Crippen molar-refractivity contribution in [3.63, 3.8) is 0 Å². The Morgan fingerprint density at radius 2 is 2.19 bits per heavy atom. The van der Waals surface area contributed by atoms with Gasteiger partial charge >= 0.3 is 0 Å². The smallest absolute Gasteiger partial charge is 0.221 e. The summed E-state index contributed by atoms with van der Waals surface area (Å²) < 4.78 is 0. The number of hydrogen-bond acceptors (Lipinski definition) is 3. The first-order chi connectivity index (χ1) is 12.6. The van der Waals surface area contributed by atoms with Crippen LogP contribution in [0.2, 0.25) is 5.02 Å². The summed E-state index contributed by atoms with van der Waals surface area (Å²) in [4.78, 5) is 24.2. The van der Waals surface area contributed by atoms with Gasteiger partial charge in [-0.05, 0) is 30.0 Å². The quantitative estimate of drug-likeness (QED) is 0.776. The lowest BCUT2D eigenvalue weighted by Gasteiger charge is -2.25. The molecule has 0 fully saturated rings. The minimum absolute atomic E-state index is 0.0221. The molecule has 26 heavy (non-hydrogen) atoms. The summed E-state index contributed by atoms with van der Waals surface area (Å²) >= 11 is 6.03. The molecule has 3 rings (SSSR count). The molecule has 2 unspecified atom stereocenters. The topological polar surface area (TPSA) is 70.1 Å². The number of rotatable bonds is 7. The molecule has 0 spiro atoms. The highest BCUT2D eigenvalue weighted by atomic mass is 35.5. The molecular formula is C20H23ClN4O. The Labute approximate surface area is 158 Å². The number of imidazole rings is 1. The van der Waals surface area contributed by atoms with E-state index in [0.717, 1.165) is 29.8 Å². The van der Waals surface area contributed by atoms with E-state index in [0.29, 0.717) is 23.9 Å². The Kier molecular flexibility index (Phi) is 6.23. The van der Waals surface area contributed by atoms with Crippen LogP contribution in [0.1, 0.15) is 36.9 Å². The number of nitrogens with one attached hydrogen (secondary N) is 2. The summed E-state index contributed by atoms with van der Waals surface area (Å²) in [5, 5.41) is 3.69. The number of halogens is 1. The van der Waals surface area contributed by atoms with Gasteiger partial charge in [-0.25, -0.2) is 4.98 Å². The fourth-order valence-corrected chi connectivity index (χ4v) is 3.31. The van der Waals surface area contributed by atoms with Crippen molar-refractivity contribution >= 4 is 23.2 Å². The highest BCUT2D eigenvalue weighted by Gasteiger charge is 2.26. The molecule has 2 aromatic rings. The Balaban J connectivity index is 1.68. The molecule has 6 heteroatoms. The Hall–Kier alpha value is -2.40. The number of carbonyl (C=O) groups excluding carboxylic acids is 1. The van der Waals surface area contributed by atoms with E-state index in [9.17, 15) is 4.79 Å². The number of hydrogen-bond donors (Lipinski definition) is 2. The van der Waals surface area contributed by atoms with Crippen LogP contribution in [0.3, 0.4) is 0 Å². The molecule has 0 saturated carbocycles. The molecule has 5 nitrogen and oxygen atoms in total. The third-order valence-electron chi connectivity index (χ3n) is 4.61. The second kappa shape index (κ2) is 8.81. The summed E-state index contributed by atoms with van der Waals surface area (Å²) in [5.74, 6) is 0.298. The van der Waals surface area contributed by atoms with E-state index in [4.69, 9.17) is 11.6 Å². The van der Waals surface area contributed by atoms with Crippen LogP contribution in [0.25, 0.3) is 0 Å². The lowest BCUT2D eigenvalue weighted by Crippen LogP contribution is -2.31. The van der Waals surface area contributed by atoms with E-state index in [1.807, 2.05) is 30.5 Å². The van der Waals surface area contributed by atoms with Crippen molar-refractivity contribution in [2.24, 2.45) is 10.9 Å². The summed E-state index contributed by atoms with van der Waals surface area (Å²) in [6.45, 7) is 2.73. The summed E-state index contributed by atoms with van der Waals surface area (Å²) in [6.07, 6.45) is 9.38. The SMILES string of the molecule is CC1CC=CN=C1C(CC(=O)NCCc1cnc[nH]1)c1ccc(Cl)cc1. The summed E-state index contributed by atoms with van der Waals surface area (Å²) in [7, 11) is 0. The lowest BCUT2D eigenvalue weighted by molar-refractivity contribution is -0.121. The number of aliphatic imine (C=N–C) groups is 1. The first-order valence-corrected chi connectivity index (χ1v) is 9.23. The molecule has 2 N–H and O–H groups in total. The van der Waals surface area contributed by atoms with E-state index in [-0.39, 0.29) is 11.8 Å². The average Bonchev–Trinajstić information content (AvgIpc) is 3.15. The molecule has 1 aliphatic rings. The third-order valence-corrected chi connectivity index (χ3v) is 4.87. The van der Waals surface area contributed by atoms with Gasteiger partial charge < -0.3 is 10.3 Å². The molecule has 0 radical (unpaired) electrons. The van der Waals surface area contributed by atoms with Gasteiger partial charge in [0.15, 0.2) is 0 Å². The van der Waals surface area contributed by atoms with Gasteiger partial charge in [-0.15, -0.1) is 0 Å². The second-order valence-corrected chi connectivity index (χ2v) is 7.00.